The molecule has 3 N–H and O–H groups in total. The highest BCUT2D eigenvalue weighted by molar-refractivity contribution is 5.76. The maximum Gasteiger partial charge on any atom is 0.221 e. The molecule has 2 unspecified atom stereocenters. The van der Waals surface area contributed by atoms with Crippen LogP contribution in [0.5, 0.6) is 0 Å². The summed E-state index contributed by atoms with van der Waals surface area (Å²) in [5, 5.41) is 2.95. The van der Waals surface area contributed by atoms with Gasteiger partial charge in [0.1, 0.15) is 0 Å². The van der Waals surface area contributed by atoms with E-state index in [9.17, 15) is 4.79 Å². The van der Waals surface area contributed by atoms with Crippen LogP contribution in [0.2, 0.25) is 0 Å². The minimum Gasteiger partial charge on any atom is -0.354 e. The van der Waals surface area contributed by atoms with Crippen molar-refractivity contribution in [2.45, 2.75) is 59.0 Å². The molecule has 0 aromatic heterocycles. The first-order valence-corrected chi connectivity index (χ1v) is 5.52. The average molecular weight is 200 g/mol. The molecule has 0 aliphatic heterocycles. The molecule has 0 fully saturated rings. The van der Waals surface area contributed by atoms with E-state index in [1.807, 2.05) is 20.8 Å². The monoisotopic (exact) mass is 200 g/mol. The number of hydrogen-bond acceptors (Lipinski definition) is 2. The lowest BCUT2D eigenvalue weighted by atomic mass is 10.0. The highest BCUT2D eigenvalue weighted by Crippen LogP contribution is 2.03. The van der Waals surface area contributed by atoms with Gasteiger partial charge in [0.2, 0.25) is 5.91 Å². The van der Waals surface area contributed by atoms with Gasteiger partial charge in [-0.05, 0) is 19.3 Å². The maximum absolute atomic E-state index is 11.5. The summed E-state index contributed by atoms with van der Waals surface area (Å²) in [5.74, 6) is 0.439. The van der Waals surface area contributed by atoms with E-state index in [4.69, 9.17) is 5.73 Å². The molecule has 0 aliphatic carbocycles. The van der Waals surface area contributed by atoms with Crippen molar-refractivity contribution in [2.75, 3.05) is 0 Å². The van der Waals surface area contributed by atoms with Gasteiger partial charge in [0.05, 0.1) is 0 Å². The van der Waals surface area contributed by atoms with Crippen LogP contribution in [-0.4, -0.2) is 18.0 Å². The minimum atomic E-state index is -0.0242. The minimum absolute atomic E-state index is 0.0242. The number of rotatable bonds is 6. The summed E-state index contributed by atoms with van der Waals surface area (Å²) in [5.41, 5.74) is 5.81. The Morgan fingerprint density at radius 2 is 1.93 bits per heavy atom. The SMILES string of the molecule is CCCC(C)NC(=O)CC(N)C(C)C. The van der Waals surface area contributed by atoms with E-state index in [1.165, 1.54) is 0 Å². The van der Waals surface area contributed by atoms with Crippen molar-refractivity contribution >= 4 is 5.91 Å². The van der Waals surface area contributed by atoms with Crippen molar-refractivity contribution in [1.29, 1.82) is 0 Å². The molecular formula is C11H24N2O. The summed E-state index contributed by atoms with van der Waals surface area (Å²) in [6.45, 7) is 8.21. The molecule has 0 radical (unpaired) electrons. The van der Waals surface area contributed by atoms with E-state index >= 15 is 0 Å². The number of amides is 1. The number of carbonyl (C=O) groups excluding carboxylic acids is 1. The zero-order valence-electron chi connectivity index (χ0n) is 9.84. The zero-order valence-corrected chi connectivity index (χ0v) is 9.84. The van der Waals surface area contributed by atoms with Crippen LogP contribution in [0.25, 0.3) is 0 Å². The standard InChI is InChI=1S/C11H24N2O/c1-5-6-9(4)13-11(14)7-10(12)8(2)3/h8-10H,5-7,12H2,1-4H3,(H,13,14). The predicted octanol–water partition coefficient (Wildman–Crippen LogP) is 1.66. The first-order valence-electron chi connectivity index (χ1n) is 5.52. The molecule has 2 atom stereocenters. The highest BCUT2D eigenvalue weighted by Gasteiger charge is 2.13. The van der Waals surface area contributed by atoms with Gasteiger partial charge in [-0.1, -0.05) is 27.2 Å². The van der Waals surface area contributed by atoms with Crippen LogP contribution < -0.4 is 11.1 Å². The Kier molecular flexibility index (Phi) is 6.54. The summed E-state index contributed by atoms with van der Waals surface area (Å²) in [6.07, 6.45) is 2.56. The molecule has 14 heavy (non-hydrogen) atoms. The Bertz CT molecular complexity index is 169. The van der Waals surface area contributed by atoms with Crippen molar-refractivity contribution in [2.24, 2.45) is 11.7 Å². The lowest BCUT2D eigenvalue weighted by Gasteiger charge is -2.17. The Labute approximate surface area is 87.4 Å². The predicted molar refractivity (Wildman–Crippen MR) is 59.9 cm³/mol. The molecule has 84 valence electrons. The average Bonchev–Trinajstić information content (AvgIpc) is 2.03. The van der Waals surface area contributed by atoms with Crippen molar-refractivity contribution < 1.29 is 4.79 Å². The van der Waals surface area contributed by atoms with Gasteiger partial charge in [-0.25, -0.2) is 0 Å². The van der Waals surface area contributed by atoms with Crippen molar-refractivity contribution in [3.8, 4) is 0 Å². The summed E-state index contributed by atoms with van der Waals surface area (Å²) >= 11 is 0. The Morgan fingerprint density at radius 3 is 2.36 bits per heavy atom. The molecule has 0 saturated heterocycles. The topological polar surface area (TPSA) is 55.1 Å². The van der Waals surface area contributed by atoms with Gasteiger partial charge in [0, 0.05) is 18.5 Å². The van der Waals surface area contributed by atoms with Gasteiger partial charge in [-0.3, -0.25) is 4.79 Å². The lowest BCUT2D eigenvalue weighted by Crippen LogP contribution is -2.38. The smallest absolute Gasteiger partial charge is 0.221 e. The maximum atomic E-state index is 11.5. The van der Waals surface area contributed by atoms with Crippen molar-refractivity contribution in [1.82, 2.24) is 5.32 Å². The third-order valence-electron chi connectivity index (χ3n) is 2.41. The fourth-order valence-corrected chi connectivity index (χ4v) is 1.29. The molecule has 0 heterocycles. The molecule has 0 spiro atoms. The fourth-order valence-electron chi connectivity index (χ4n) is 1.29. The van der Waals surface area contributed by atoms with Crippen LogP contribution in [-0.2, 0) is 4.79 Å². The second kappa shape index (κ2) is 6.82. The Hall–Kier alpha value is -0.570. The molecule has 1 amide bonds. The van der Waals surface area contributed by atoms with Gasteiger partial charge < -0.3 is 11.1 Å². The molecule has 0 saturated carbocycles. The van der Waals surface area contributed by atoms with Crippen LogP contribution in [0, 0.1) is 5.92 Å². The third kappa shape index (κ3) is 5.97. The van der Waals surface area contributed by atoms with E-state index in [1.54, 1.807) is 0 Å². The van der Waals surface area contributed by atoms with Crippen LogP contribution in [0.4, 0.5) is 0 Å². The zero-order chi connectivity index (χ0) is 11.1. The highest BCUT2D eigenvalue weighted by atomic mass is 16.1. The van der Waals surface area contributed by atoms with E-state index < -0.39 is 0 Å². The summed E-state index contributed by atoms with van der Waals surface area (Å²) in [7, 11) is 0. The van der Waals surface area contributed by atoms with Crippen LogP contribution in [0.1, 0.15) is 47.0 Å². The number of nitrogens with one attached hydrogen (secondary N) is 1. The molecule has 0 aliphatic rings. The van der Waals surface area contributed by atoms with Crippen molar-refractivity contribution in [3.63, 3.8) is 0 Å². The van der Waals surface area contributed by atoms with Crippen LogP contribution >= 0.6 is 0 Å². The summed E-state index contributed by atoms with van der Waals surface area (Å²) in [4.78, 5) is 11.5. The molecular weight excluding hydrogens is 176 g/mol. The van der Waals surface area contributed by atoms with Gasteiger partial charge >= 0.3 is 0 Å². The third-order valence-corrected chi connectivity index (χ3v) is 2.41. The van der Waals surface area contributed by atoms with Crippen molar-refractivity contribution in [3.05, 3.63) is 0 Å². The van der Waals surface area contributed by atoms with E-state index in [-0.39, 0.29) is 18.0 Å². The first kappa shape index (κ1) is 13.4. The number of nitrogens with two attached hydrogens (primary N) is 1. The molecule has 0 bridgehead atoms. The molecule has 0 aromatic carbocycles. The molecule has 3 nitrogen and oxygen atoms in total. The van der Waals surface area contributed by atoms with Gasteiger partial charge in [-0.15, -0.1) is 0 Å². The Balaban J connectivity index is 3.75. The molecule has 0 rings (SSSR count). The quantitative estimate of drug-likeness (QED) is 0.685. The van der Waals surface area contributed by atoms with Gasteiger partial charge in [0.25, 0.3) is 0 Å². The lowest BCUT2D eigenvalue weighted by molar-refractivity contribution is -0.122. The largest absolute Gasteiger partial charge is 0.354 e. The molecule has 3 heteroatoms. The van der Waals surface area contributed by atoms with E-state index in [2.05, 4.69) is 12.2 Å². The second-order valence-corrected chi connectivity index (χ2v) is 4.37. The number of carbonyl (C=O) groups is 1. The van der Waals surface area contributed by atoms with E-state index in [0.29, 0.717) is 12.3 Å². The number of hydrogen-bond donors (Lipinski definition) is 2. The summed E-state index contributed by atoms with van der Waals surface area (Å²) < 4.78 is 0. The first-order chi connectivity index (χ1) is 6.47. The second-order valence-electron chi connectivity index (χ2n) is 4.37. The van der Waals surface area contributed by atoms with E-state index in [0.717, 1.165) is 12.8 Å². The molecule has 0 aromatic rings. The fraction of sp³-hybridized carbons (Fsp3) is 0.909. The van der Waals surface area contributed by atoms with Crippen LogP contribution in [0.15, 0.2) is 0 Å². The summed E-state index contributed by atoms with van der Waals surface area (Å²) in [6, 6.07) is 0.246. The van der Waals surface area contributed by atoms with Gasteiger partial charge in [0.15, 0.2) is 0 Å². The van der Waals surface area contributed by atoms with Gasteiger partial charge in [-0.2, -0.15) is 0 Å². The Morgan fingerprint density at radius 1 is 1.36 bits per heavy atom. The van der Waals surface area contributed by atoms with Crippen LogP contribution in [0.3, 0.4) is 0 Å². The normalized spacial score (nSPS) is 15.3.